The largest absolute Gasteiger partial charge is 0.458 e. The zero-order valence-corrected chi connectivity index (χ0v) is 50.8. The molecule has 1 aromatic carbocycles. The molecule has 16 nitrogen and oxygen atoms in total. The predicted octanol–water partition coefficient (Wildman–Crippen LogP) is 13.2. The zero-order valence-electron chi connectivity index (χ0n) is 50.8. The number of hydrogen-bond donors (Lipinski definition) is 1. The third-order valence-corrected chi connectivity index (χ3v) is 13.3. The van der Waals surface area contributed by atoms with E-state index in [0.717, 1.165) is 44.9 Å². The molecular weight excluding hydrogens is 1010 g/mol. The molecule has 1 heterocycles. The summed E-state index contributed by atoms with van der Waals surface area (Å²) in [6.07, 6.45) is 27.3. The summed E-state index contributed by atoms with van der Waals surface area (Å²) in [6.45, 7) is 13.2. The van der Waals surface area contributed by atoms with Gasteiger partial charge in [-0.15, -0.1) is 0 Å². The second-order valence-corrected chi connectivity index (χ2v) is 23.1. The minimum atomic E-state index is -1.26. The Morgan fingerprint density at radius 2 is 1.06 bits per heavy atom. The smallest absolute Gasteiger partial charge is 0.338 e. The van der Waals surface area contributed by atoms with Crippen LogP contribution in [0.1, 0.15) is 233 Å². The van der Waals surface area contributed by atoms with Gasteiger partial charge >= 0.3 is 17.9 Å². The third-order valence-electron chi connectivity index (χ3n) is 13.3. The van der Waals surface area contributed by atoms with Crippen LogP contribution in [0, 0.1) is 0 Å². The molecule has 0 bridgehead atoms. The summed E-state index contributed by atoms with van der Waals surface area (Å²) in [6, 6.07) is 7.84. The summed E-state index contributed by atoms with van der Waals surface area (Å²) in [7, 11) is 2.93. The highest BCUT2D eigenvalue weighted by molar-refractivity contribution is 5.89. The first-order valence-electron chi connectivity index (χ1n) is 30.3. The quantitative estimate of drug-likeness (QED) is 0.0214. The van der Waals surface area contributed by atoms with Crippen molar-refractivity contribution in [2.75, 3.05) is 54.2 Å². The number of amides is 1. The Hall–Kier alpha value is -3.48. The van der Waals surface area contributed by atoms with E-state index in [2.05, 4.69) is 19.2 Å². The van der Waals surface area contributed by atoms with Gasteiger partial charge in [0.05, 0.1) is 24.8 Å². The van der Waals surface area contributed by atoms with E-state index in [1.54, 1.807) is 65.8 Å². The van der Waals surface area contributed by atoms with Crippen molar-refractivity contribution in [3.05, 3.63) is 48.0 Å². The highest BCUT2D eigenvalue weighted by Crippen LogP contribution is 2.31. The van der Waals surface area contributed by atoms with Crippen LogP contribution >= 0.6 is 0 Å². The maximum Gasteiger partial charge on any atom is 0.338 e. The number of nitrogens with one attached hydrogen (secondary N) is 1. The molecule has 7 atom stereocenters. The molecule has 1 aliphatic rings. The average molecular weight is 1120 g/mol. The number of hydrogen-bond acceptors (Lipinski definition) is 15. The van der Waals surface area contributed by atoms with E-state index in [1.165, 1.54) is 123 Å². The highest BCUT2D eigenvalue weighted by Gasteiger charge is 2.50. The first-order chi connectivity index (χ1) is 38.0. The Bertz CT molecular complexity index is 1730. The number of ether oxygens (including phenoxy) is 11. The second kappa shape index (κ2) is 44.1. The lowest BCUT2D eigenvalue weighted by Gasteiger charge is -2.45. The number of allylic oxidation sites excluding steroid dienone is 1. The lowest BCUT2D eigenvalue weighted by Crippen LogP contribution is -2.63. The molecule has 1 aromatic rings. The topological polar surface area (TPSA) is 182 Å². The summed E-state index contributed by atoms with van der Waals surface area (Å²) >= 11 is 0. The predicted molar refractivity (Wildman–Crippen MR) is 308 cm³/mol. The molecule has 16 heteroatoms. The number of unbranched alkanes of at least 4 members (excludes halogenated alkanes) is 23. The summed E-state index contributed by atoms with van der Waals surface area (Å²) in [5.41, 5.74) is -1.18. The molecule has 2 rings (SSSR count). The molecule has 79 heavy (non-hydrogen) atoms. The standard InChI is InChI=1S/C63H109NO15/c1-11-13-15-17-19-21-23-25-27-29-31-33-38-42-52(76-60(68)50-40-36-35-37-41-50)51(64-54(65)43-39-34-32-30-28-26-24-22-20-18-16-14-12-2)44-73-61-59(75-49-70-10)58(74-48-69-9)57(72-47-56(67)79-63(6,7)8)53(77-61)45-71-46-55(66)78-62(3,4)5/h35-38,40-42,51-53,57-59,61H,11-34,39,43-49H2,1-10H3,(H,64,65)/b42-38+/t51-,52+,53+,57-,58-,59+,61+/m0/s1. The molecule has 0 unspecified atom stereocenters. The van der Waals surface area contributed by atoms with E-state index in [0.29, 0.717) is 12.0 Å². The van der Waals surface area contributed by atoms with Gasteiger partial charge in [-0.1, -0.05) is 179 Å². The molecule has 0 saturated carbocycles. The summed E-state index contributed by atoms with van der Waals surface area (Å²) in [4.78, 5) is 53.8. The van der Waals surface area contributed by atoms with E-state index in [9.17, 15) is 19.2 Å². The van der Waals surface area contributed by atoms with Gasteiger partial charge in [0.1, 0.15) is 68.5 Å². The first-order valence-corrected chi connectivity index (χ1v) is 30.3. The second-order valence-electron chi connectivity index (χ2n) is 23.1. The molecule has 456 valence electrons. The molecule has 1 N–H and O–H groups in total. The van der Waals surface area contributed by atoms with Gasteiger partial charge in [0.15, 0.2) is 6.29 Å². The molecule has 1 amide bonds. The molecule has 0 aromatic heterocycles. The Balaban J connectivity index is 2.45. The van der Waals surface area contributed by atoms with Crippen molar-refractivity contribution in [2.45, 2.75) is 276 Å². The van der Waals surface area contributed by atoms with Crippen LogP contribution < -0.4 is 5.32 Å². The van der Waals surface area contributed by atoms with Gasteiger partial charge in [-0.3, -0.25) is 4.79 Å². The maximum atomic E-state index is 14.1. The van der Waals surface area contributed by atoms with E-state index in [1.807, 2.05) is 18.2 Å². The van der Waals surface area contributed by atoms with Crippen LogP contribution in [0.15, 0.2) is 42.5 Å². The van der Waals surface area contributed by atoms with E-state index in [4.69, 9.17) is 52.1 Å². The Morgan fingerprint density at radius 1 is 0.582 bits per heavy atom. The van der Waals surface area contributed by atoms with Gasteiger partial charge < -0.3 is 57.4 Å². The minimum Gasteiger partial charge on any atom is -0.458 e. The Labute approximate surface area is 477 Å². The van der Waals surface area contributed by atoms with E-state index < -0.39 is 85.2 Å². The van der Waals surface area contributed by atoms with Crippen LogP contribution in [0.3, 0.4) is 0 Å². The van der Waals surface area contributed by atoms with Crippen LogP contribution in [-0.2, 0) is 66.5 Å². The fourth-order valence-corrected chi connectivity index (χ4v) is 9.35. The van der Waals surface area contributed by atoms with E-state index in [-0.39, 0.29) is 39.1 Å². The van der Waals surface area contributed by atoms with Gasteiger partial charge in [0, 0.05) is 20.6 Å². The van der Waals surface area contributed by atoms with Crippen molar-refractivity contribution < 1.29 is 71.3 Å². The van der Waals surface area contributed by atoms with Crippen molar-refractivity contribution in [1.29, 1.82) is 0 Å². The van der Waals surface area contributed by atoms with Crippen LogP contribution in [-0.4, -0.2) is 132 Å². The number of benzene rings is 1. The fraction of sp³-hybridized carbons (Fsp3) is 0.810. The maximum absolute atomic E-state index is 14.1. The fourth-order valence-electron chi connectivity index (χ4n) is 9.35. The molecule has 0 radical (unpaired) electrons. The number of methoxy groups -OCH3 is 2. The zero-order chi connectivity index (χ0) is 58.0. The van der Waals surface area contributed by atoms with Crippen LogP contribution in [0.2, 0.25) is 0 Å². The number of carbonyl (C=O) groups is 4. The van der Waals surface area contributed by atoms with Crippen molar-refractivity contribution in [3.63, 3.8) is 0 Å². The molecule has 0 spiro atoms. The van der Waals surface area contributed by atoms with Crippen molar-refractivity contribution in [1.82, 2.24) is 5.32 Å². The molecule has 1 aliphatic heterocycles. The average Bonchev–Trinajstić information content (AvgIpc) is 3.41. The van der Waals surface area contributed by atoms with Crippen LogP contribution in [0.4, 0.5) is 0 Å². The minimum absolute atomic E-state index is 0.210. The summed E-state index contributed by atoms with van der Waals surface area (Å²) < 4.78 is 66.1. The molecule has 1 saturated heterocycles. The van der Waals surface area contributed by atoms with Crippen molar-refractivity contribution in [3.8, 4) is 0 Å². The van der Waals surface area contributed by atoms with Gasteiger partial charge in [-0.2, -0.15) is 0 Å². The molecule has 0 aliphatic carbocycles. The Morgan fingerprint density at radius 3 is 1.57 bits per heavy atom. The number of rotatable bonds is 47. The third kappa shape index (κ3) is 35.9. The Kier molecular flexibility index (Phi) is 40.0. The van der Waals surface area contributed by atoms with Gasteiger partial charge in [0.25, 0.3) is 0 Å². The molecular formula is C63H109NO15. The van der Waals surface area contributed by atoms with Gasteiger partial charge in [-0.05, 0) is 79.0 Å². The lowest BCUT2D eigenvalue weighted by atomic mass is 9.98. The number of esters is 3. The summed E-state index contributed by atoms with van der Waals surface area (Å²) in [5.74, 6) is -2.00. The summed E-state index contributed by atoms with van der Waals surface area (Å²) in [5, 5.41) is 3.18. The molecule has 1 fully saturated rings. The van der Waals surface area contributed by atoms with Crippen LogP contribution in [0.5, 0.6) is 0 Å². The van der Waals surface area contributed by atoms with Gasteiger partial charge in [0.2, 0.25) is 5.91 Å². The van der Waals surface area contributed by atoms with E-state index >= 15 is 0 Å². The highest BCUT2D eigenvalue weighted by atomic mass is 16.8. The lowest BCUT2D eigenvalue weighted by molar-refractivity contribution is -0.337. The van der Waals surface area contributed by atoms with Gasteiger partial charge in [-0.25, -0.2) is 14.4 Å². The van der Waals surface area contributed by atoms with Crippen molar-refractivity contribution >= 4 is 23.8 Å². The first kappa shape index (κ1) is 71.6. The number of carbonyl (C=O) groups excluding carboxylic acids is 4. The normalized spacial score (nSPS) is 18.6. The van der Waals surface area contributed by atoms with Crippen LogP contribution in [0.25, 0.3) is 0 Å². The van der Waals surface area contributed by atoms with Crippen molar-refractivity contribution in [2.24, 2.45) is 0 Å². The SMILES string of the molecule is CCCCCCCCCCCCC/C=C/[C@@H](OC(=O)c1ccccc1)[C@H](CO[C@@H]1O[C@H](COCC(=O)OC(C)(C)C)[C@H](OCC(=O)OC(C)(C)C)[C@H](OCOC)[C@H]1OCOC)NC(=O)CCCCCCCCCCCCCCC. The monoisotopic (exact) mass is 1120 g/mol.